The van der Waals surface area contributed by atoms with Gasteiger partial charge in [-0.3, -0.25) is 10.1 Å². The summed E-state index contributed by atoms with van der Waals surface area (Å²) in [7, 11) is 0. The van der Waals surface area contributed by atoms with Crippen molar-refractivity contribution in [2.24, 2.45) is 0 Å². The highest BCUT2D eigenvalue weighted by Gasteiger charge is 2.31. The minimum absolute atomic E-state index is 0.00499. The van der Waals surface area contributed by atoms with Crippen LogP contribution in [0.4, 0.5) is 5.69 Å². The minimum Gasteiger partial charge on any atom is -0.463 e. The van der Waals surface area contributed by atoms with Gasteiger partial charge in [0.25, 0.3) is 5.69 Å². The highest BCUT2D eigenvalue weighted by Crippen LogP contribution is 2.31. The Kier molecular flexibility index (Phi) is 4.95. The van der Waals surface area contributed by atoms with Crippen molar-refractivity contribution in [2.45, 2.75) is 26.8 Å². The minimum atomic E-state index is -0.595. The maximum absolute atomic E-state index is 12.2. The molecule has 2 N–H and O–H groups in total. The molecule has 0 bridgehead atoms. The lowest BCUT2D eigenvalue weighted by molar-refractivity contribution is -0.385. The highest BCUT2D eigenvalue weighted by molar-refractivity contribution is 7.80. The van der Waals surface area contributed by atoms with E-state index >= 15 is 0 Å². The summed E-state index contributed by atoms with van der Waals surface area (Å²) in [5.41, 5.74) is 2.05. The van der Waals surface area contributed by atoms with E-state index in [9.17, 15) is 14.9 Å². The zero-order chi connectivity index (χ0) is 17.1. The Labute approximate surface area is 138 Å². The van der Waals surface area contributed by atoms with Crippen LogP contribution in [0, 0.1) is 17.0 Å². The van der Waals surface area contributed by atoms with Gasteiger partial charge in [0.2, 0.25) is 0 Å². The van der Waals surface area contributed by atoms with Crippen LogP contribution in [0.3, 0.4) is 0 Å². The van der Waals surface area contributed by atoms with Gasteiger partial charge in [-0.15, -0.1) is 0 Å². The van der Waals surface area contributed by atoms with Crippen molar-refractivity contribution in [3.63, 3.8) is 0 Å². The Morgan fingerprint density at radius 3 is 2.74 bits per heavy atom. The number of thiocarbonyl (C=S) groups is 1. The number of nitrogens with zero attached hydrogens (tertiary/aromatic N) is 1. The van der Waals surface area contributed by atoms with Crippen LogP contribution in [0.15, 0.2) is 29.5 Å². The SMILES string of the molecule is CCOC(=O)C1=C(C)NC(=S)N[C@H]1c1ccc(C)c([N+](=O)[O-])c1. The Morgan fingerprint density at radius 1 is 1.43 bits per heavy atom. The first-order valence-corrected chi connectivity index (χ1v) is 7.46. The molecule has 0 aromatic heterocycles. The van der Waals surface area contributed by atoms with Crippen LogP contribution in [0.1, 0.15) is 31.0 Å². The Morgan fingerprint density at radius 2 is 2.13 bits per heavy atom. The van der Waals surface area contributed by atoms with Gasteiger partial charge in [0.15, 0.2) is 5.11 Å². The predicted molar refractivity (Wildman–Crippen MR) is 88.8 cm³/mol. The number of carbonyl (C=O) groups is 1. The number of nitro benzene ring substituents is 1. The van der Waals surface area contributed by atoms with Crippen LogP contribution in [-0.2, 0) is 9.53 Å². The fourth-order valence-electron chi connectivity index (χ4n) is 2.43. The average Bonchev–Trinajstić information content (AvgIpc) is 2.46. The van der Waals surface area contributed by atoms with Gasteiger partial charge >= 0.3 is 5.97 Å². The number of hydrogen-bond donors (Lipinski definition) is 2. The van der Waals surface area contributed by atoms with Crippen molar-refractivity contribution in [3.05, 3.63) is 50.7 Å². The zero-order valence-electron chi connectivity index (χ0n) is 13.0. The molecule has 1 aromatic carbocycles. The van der Waals surface area contributed by atoms with Crippen LogP contribution < -0.4 is 10.6 Å². The summed E-state index contributed by atoms with van der Waals surface area (Å²) in [6.07, 6.45) is 0. The van der Waals surface area contributed by atoms with Crippen LogP contribution in [0.2, 0.25) is 0 Å². The number of aryl methyl sites for hydroxylation is 1. The van der Waals surface area contributed by atoms with Gasteiger partial charge in [-0.25, -0.2) is 4.79 Å². The molecular formula is C15H17N3O4S. The number of benzene rings is 1. The van der Waals surface area contributed by atoms with Crippen LogP contribution >= 0.6 is 12.2 Å². The molecular weight excluding hydrogens is 318 g/mol. The molecule has 0 unspecified atom stereocenters. The summed E-state index contributed by atoms with van der Waals surface area (Å²) in [5.74, 6) is -0.485. The van der Waals surface area contributed by atoms with E-state index in [2.05, 4.69) is 10.6 Å². The first-order chi connectivity index (χ1) is 10.8. The summed E-state index contributed by atoms with van der Waals surface area (Å²) >= 11 is 5.13. The van der Waals surface area contributed by atoms with Gasteiger partial charge in [-0.1, -0.05) is 12.1 Å². The molecule has 2 rings (SSSR count). The molecule has 0 amide bonds. The fourth-order valence-corrected chi connectivity index (χ4v) is 2.70. The molecule has 0 radical (unpaired) electrons. The van der Waals surface area contributed by atoms with Crippen LogP contribution in [-0.4, -0.2) is 22.6 Å². The molecule has 1 aliphatic rings. The number of hydrogen-bond acceptors (Lipinski definition) is 5. The molecule has 1 heterocycles. The lowest BCUT2D eigenvalue weighted by Gasteiger charge is -2.29. The molecule has 0 aliphatic carbocycles. The third-order valence-electron chi connectivity index (χ3n) is 3.53. The molecule has 23 heavy (non-hydrogen) atoms. The van der Waals surface area contributed by atoms with Crippen LogP contribution in [0.25, 0.3) is 0 Å². The van der Waals surface area contributed by atoms with E-state index in [1.807, 2.05) is 0 Å². The van der Waals surface area contributed by atoms with Crippen molar-refractivity contribution in [2.75, 3.05) is 6.61 Å². The van der Waals surface area contributed by atoms with Gasteiger partial charge < -0.3 is 15.4 Å². The second-order valence-electron chi connectivity index (χ2n) is 5.09. The predicted octanol–water partition coefficient (Wildman–Crippen LogP) is 2.26. The fraction of sp³-hybridized carbons (Fsp3) is 0.333. The highest BCUT2D eigenvalue weighted by atomic mass is 32.1. The average molecular weight is 335 g/mol. The van der Waals surface area contributed by atoms with E-state index in [1.54, 1.807) is 32.9 Å². The molecule has 1 aromatic rings. The molecule has 0 saturated carbocycles. The first-order valence-electron chi connectivity index (χ1n) is 7.05. The van der Waals surface area contributed by atoms with E-state index in [0.29, 0.717) is 27.5 Å². The largest absolute Gasteiger partial charge is 0.463 e. The van der Waals surface area contributed by atoms with Crippen molar-refractivity contribution in [1.29, 1.82) is 0 Å². The Bertz CT molecular complexity index is 715. The summed E-state index contributed by atoms with van der Waals surface area (Å²) in [5, 5.41) is 17.4. The Hall–Kier alpha value is -2.48. The van der Waals surface area contributed by atoms with E-state index in [-0.39, 0.29) is 12.3 Å². The van der Waals surface area contributed by atoms with Gasteiger partial charge in [-0.2, -0.15) is 0 Å². The van der Waals surface area contributed by atoms with Gasteiger partial charge in [0.1, 0.15) is 0 Å². The molecule has 122 valence electrons. The zero-order valence-corrected chi connectivity index (χ0v) is 13.8. The smallest absolute Gasteiger partial charge is 0.338 e. The summed E-state index contributed by atoms with van der Waals surface area (Å²) in [4.78, 5) is 22.9. The summed E-state index contributed by atoms with van der Waals surface area (Å²) in [6.45, 7) is 5.33. The summed E-state index contributed by atoms with van der Waals surface area (Å²) < 4.78 is 5.09. The molecule has 0 saturated heterocycles. The van der Waals surface area contributed by atoms with Crippen molar-refractivity contribution >= 4 is 29.0 Å². The molecule has 8 heteroatoms. The number of ether oxygens (including phenoxy) is 1. The Balaban J connectivity index is 2.52. The second kappa shape index (κ2) is 6.74. The monoisotopic (exact) mass is 335 g/mol. The van der Waals surface area contributed by atoms with Gasteiger partial charge in [-0.05, 0) is 38.6 Å². The van der Waals surface area contributed by atoms with Crippen molar-refractivity contribution in [3.8, 4) is 0 Å². The van der Waals surface area contributed by atoms with E-state index in [4.69, 9.17) is 17.0 Å². The maximum atomic E-state index is 12.2. The third-order valence-corrected chi connectivity index (χ3v) is 3.75. The number of allylic oxidation sites excluding steroid dienone is 1. The molecule has 7 nitrogen and oxygen atoms in total. The van der Waals surface area contributed by atoms with Crippen molar-refractivity contribution < 1.29 is 14.5 Å². The maximum Gasteiger partial charge on any atom is 0.338 e. The number of esters is 1. The molecule has 0 fully saturated rings. The number of rotatable bonds is 4. The quantitative estimate of drug-likeness (QED) is 0.377. The topological polar surface area (TPSA) is 93.5 Å². The van der Waals surface area contributed by atoms with E-state index in [1.165, 1.54) is 6.07 Å². The normalized spacial score (nSPS) is 17.3. The number of nitrogens with one attached hydrogen (secondary N) is 2. The standard InChI is InChI=1S/C15H17N3O4S/c1-4-22-14(19)12-9(3)16-15(23)17-13(12)10-6-5-8(2)11(7-10)18(20)21/h5-7,13H,4H2,1-3H3,(H2,16,17,23)/t13-/m0/s1. The van der Waals surface area contributed by atoms with Crippen molar-refractivity contribution in [1.82, 2.24) is 10.6 Å². The van der Waals surface area contributed by atoms with Crippen LogP contribution in [0.5, 0.6) is 0 Å². The van der Waals surface area contributed by atoms with Gasteiger partial charge in [0, 0.05) is 17.3 Å². The lowest BCUT2D eigenvalue weighted by Crippen LogP contribution is -2.45. The lowest BCUT2D eigenvalue weighted by atomic mass is 9.94. The second-order valence-corrected chi connectivity index (χ2v) is 5.50. The molecule has 1 atom stereocenters. The molecule has 1 aliphatic heterocycles. The number of nitro groups is 1. The summed E-state index contributed by atoms with van der Waals surface area (Å²) in [6, 6.07) is 4.24. The molecule has 0 spiro atoms. The third kappa shape index (κ3) is 3.48. The first kappa shape index (κ1) is 16.9. The van der Waals surface area contributed by atoms with E-state index < -0.39 is 16.9 Å². The number of carbonyl (C=O) groups excluding carboxylic acids is 1. The van der Waals surface area contributed by atoms with Gasteiger partial charge in [0.05, 0.1) is 23.1 Å². The van der Waals surface area contributed by atoms with E-state index in [0.717, 1.165) is 0 Å².